The van der Waals surface area contributed by atoms with Gasteiger partial charge in [0.1, 0.15) is 5.01 Å². The molecule has 0 saturated heterocycles. The highest BCUT2D eigenvalue weighted by Crippen LogP contribution is 2.39. The van der Waals surface area contributed by atoms with Crippen molar-refractivity contribution in [2.75, 3.05) is 21.3 Å². The number of amides is 2. The van der Waals surface area contributed by atoms with Crippen LogP contribution in [0.4, 0.5) is 4.79 Å². The van der Waals surface area contributed by atoms with E-state index < -0.39 is 0 Å². The van der Waals surface area contributed by atoms with Gasteiger partial charge in [-0.25, -0.2) is 9.78 Å². The van der Waals surface area contributed by atoms with Crippen molar-refractivity contribution >= 4 is 29.0 Å². The molecular formula is C23H26ClN3O4S. The Labute approximate surface area is 196 Å². The highest BCUT2D eigenvalue weighted by atomic mass is 35.5. The molecule has 0 aliphatic carbocycles. The number of nitrogens with zero attached hydrogens (tertiary/aromatic N) is 1. The van der Waals surface area contributed by atoms with Gasteiger partial charge in [-0.05, 0) is 43.7 Å². The molecule has 0 aliphatic rings. The lowest BCUT2D eigenvalue weighted by Gasteiger charge is -2.19. The fraction of sp³-hybridized carbons (Fsp3) is 0.304. The summed E-state index contributed by atoms with van der Waals surface area (Å²) in [6.45, 7) is 4.22. The highest BCUT2D eigenvalue weighted by molar-refractivity contribution is 7.12. The molecule has 2 aromatic carbocycles. The lowest BCUT2D eigenvalue weighted by Crippen LogP contribution is -2.36. The van der Waals surface area contributed by atoms with Crippen LogP contribution in [0.1, 0.15) is 28.4 Å². The molecule has 0 radical (unpaired) electrons. The molecule has 2 amide bonds. The van der Waals surface area contributed by atoms with Crippen molar-refractivity contribution in [1.29, 1.82) is 0 Å². The molecule has 170 valence electrons. The van der Waals surface area contributed by atoms with Crippen LogP contribution in [0, 0.1) is 6.92 Å². The second-order valence-corrected chi connectivity index (χ2v) is 8.75. The third-order valence-electron chi connectivity index (χ3n) is 4.89. The van der Waals surface area contributed by atoms with E-state index in [4.69, 9.17) is 25.8 Å². The number of ether oxygens (including phenoxy) is 3. The molecule has 0 fully saturated rings. The van der Waals surface area contributed by atoms with Gasteiger partial charge in [0.05, 0.1) is 39.6 Å². The maximum absolute atomic E-state index is 12.5. The number of nitrogens with one attached hydrogen (secondary N) is 2. The SMILES string of the molecule is COc1cc(C(C)NC(=O)NCc2nc(-c3ccc(Cl)cc3)c(C)s2)cc(OC)c1OC. The molecule has 3 aromatic rings. The van der Waals surface area contributed by atoms with E-state index in [0.717, 1.165) is 26.7 Å². The maximum atomic E-state index is 12.5. The third-order valence-corrected chi connectivity index (χ3v) is 6.12. The maximum Gasteiger partial charge on any atom is 0.315 e. The van der Waals surface area contributed by atoms with Gasteiger partial charge in [-0.3, -0.25) is 0 Å². The molecule has 9 heteroatoms. The number of hydrogen-bond acceptors (Lipinski definition) is 6. The smallest absolute Gasteiger partial charge is 0.315 e. The largest absolute Gasteiger partial charge is 0.493 e. The summed E-state index contributed by atoms with van der Waals surface area (Å²) in [5.41, 5.74) is 2.72. The van der Waals surface area contributed by atoms with Crippen LogP contribution in [-0.2, 0) is 6.54 Å². The Hall–Kier alpha value is -2.97. The standard InChI is InChI=1S/C23H26ClN3O4S/c1-13(16-10-18(29-3)22(31-5)19(11-16)30-4)26-23(28)25-12-20-27-21(14(2)32-20)15-6-8-17(24)9-7-15/h6-11,13H,12H2,1-5H3,(H2,25,26,28). The molecule has 1 heterocycles. The number of rotatable bonds is 8. The van der Waals surface area contributed by atoms with E-state index in [9.17, 15) is 4.79 Å². The number of aryl methyl sites for hydroxylation is 1. The first-order valence-electron chi connectivity index (χ1n) is 9.92. The highest BCUT2D eigenvalue weighted by Gasteiger charge is 2.18. The number of hydrogen-bond donors (Lipinski definition) is 2. The van der Waals surface area contributed by atoms with Gasteiger partial charge in [-0.15, -0.1) is 11.3 Å². The van der Waals surface area contributed by atoms with Gasteiger partial charge >= 0.3 is 6.03 Å². The van der Waals surface area contributed by atoms with E-state index in [2.05, 4.69) is 15.6 Å². The van der Waals surface area contributed by atoms with E-state index in [1.165, 1.54) is 0 Å². The van der Waals surface area contributed by atoms with E-state index in [0.29, 0.717) is 28.8 Å². The second-order valence-electron chi connectivity index (χ2n) is 7.03. The number of halogens is 1. The van der Waals surface area contributed by atoms with Gasteiger partial charge in [0, 0.05) is 15.5 Å². The van der Waals surface area contributed by atoms with Crippen molar-refractivity contribution in [2.45, 2.75) is 26.4 Å². The molecule has 0 saturated carbocycles. The zero-order valence-corrected chi connectivity index (χ0v) is 20.2. The summed E-state index contributed by atoms with van der Waals surface area (Å²) < 4.78 is 16.1. The van der Waals surface area contributed by atoms with Gasteiger partial charge in [-0.2, -0.15) is 0 Å². The van der Waals surface area contributed by atoms with Crippen LogP contribution in [0.15, 0.2) is 36.4 Å². The van der Waals surface area contributed by atoms with Crippen molar-refractivity contribution in [3.05, 3.63) is 56.9 Å². The molecule has 1 atom stereocenters. The molecule has 1 aromatic heterocycles. The summed E-state index contributed by atoms with van der Waals surface area (Å²) >= 11 is 7.52. The quantitative estimate of drug-likeness (QED) is 0.458. The van der Waals surface area contributed by atoms with Crippen LogP contribution in [0.3, 0.4) is 0 Å². The normalized spacial score (nSPS) is 11.6. The summed E-state index contributed by atoms with van der Waals surface area (Å²) in [6, 6.07) is 10.6. The lowest BCUT2D eigenvalue weighted by molar-refractivity contribution is 0.237. The Morgan fingerprint density at radius 2 is 1.72 bits per heavy atom. The summed E-state index contributed by atoms with van der Waals surface area (Å²) in [5.74, 6) is 1.57. The van der Waals surface area contributed by atoms with E-state index in [1.807, 2.05) is 50.2 Å². The minimum Gasteiger partial charge on any atom is -0.493 e. The Balaban J connectivity index is 1.64. The summed E-state index contributed by atoms with van der Waals surface area (Å²) in [7, 11) is 4.66. The zero-order valence-electron chi connectivity index (χ0n) is 18.6. The van der Waals surface area contributed by atoms with Crippen LogP contribution < -0.4 is 24.8 Å². The van der Waals surface area contributed by atoms with E-state index in [1.54, 1.807) is 32.7 Å². The topological polar surface area (TPSA) is 81.7 Å². The number of methoxy groups -OCH3 is 3. The van der Waals surface area contributed by atoms with Crippen LogP contribution in [-0.4, -0.2) is 32.3 Å². The summed E-state index contributed by atoms with van der Waals surface area (Å²) in [4.78, 5) is 18.2. The molecule has 0 spiro atoms. The minimum absolute atomic E-state index is 0.286. The number of thiazole rings is 1. The molecule has 0 aliphatic heterocycles. The summed E-state index contributed by atoms with van der Waals surface area (Å²) in [5, 5.41) is 7.30. The molecule has 0 bridgehead atoms. The van der Waals surface area contributed by atoms with Gasteiger partial charge in [0.25, 0.3) is 0 Å². The van der Waals surface area contributed by atoms with Crippen LogP contribution in [0.5, 0.6) is 17.2 Å². The molecule has 2 N–H and O–H groups in total. The van der Waals surface area contributed by atoms with Gasteiger partial charge in [0.2, 0.25) is 5.75 Å². The van der Waals surface area contributed by atoms with Gasteiger partial charge < -0.3 is 24.8 Å². The zero-order chi connectivity index (χ0) is 23.3. The predicted octanol–water partition coefficient (Wildman–Crippen LogP) is 5.36. The molecule has 1 unspecified atom stereocenters. The first kappa shape index (κ1) is 23.7. The number of aromatic nitrogens is 1. The van der Waals surface area contributed by atoms with Crippen molar-refractivity contribution in [2.24, 2.45) is 0 Å². The van der Waals surface area contributed by atoms with Crippen molar-refractivity contribution in [1.82, 2.24) is 15.6 Å². The van der Waals surface area contributed by atoms with Crippen LogP contribution >= 0.6 is 22.9 Å². The fourth-order valence-corrected chi connectivity index (χ4v) is 4.26. The molecule has 7 nitrogen and oxygen atoms in total. The van der Waals surface area contributed by atoms with E-state index in [-0.39, 0.29) is 12.1 Å². The monoisotopic (exact) mass is 475 g/mol. The first-order chi connectivity index (χ1) is 15.4. The average molecular weight is 476 g/mol. The van der Waals surface area contributed by atoms with Crippen molar-refractivity contribution < 1.29 is 19.0 Å². The fourth-order valence-electron chi connectivity index (χ4n) is 3.24. The Kier molecular flexibility index (Phi) is 7.82. The van der Waals surface area contributed by atoms with Crippen LogP contribution in [0.25, 0.3) is 11.3 Å². The predicted molar refractivity (Wildman–Crippen MR) is 127 cm³/mol. The van der Waals surface area contributed by atoms with Gasteiger partial charge in [-0.1, -0.05) is 23.7 Å². The third kappa shape index (κ3) is 5.44. The lowest BCUT2D eigenvalue weighted by atomic mass is 10.1. The van der Waals surface area contributed by atoms with Gasteiger partial charge in [0.15, 0.2) is 11.5 Å². The second kappa shape index (κ2) is 10.6. The van der Waals surface area contributed by atoms with Crippen molar-refractivity contribution in [3.63, 3.8) is 0 Å². The molecule has 3 rings (SSSR count). The average Bonchev–Trinajstić information content (AvgIpc) is 3.17. The minimum atomic E-state index is -0.299. The molecule has 32 heavy (non-hydrogen) atoms. The Morgan fingerprint density at radius 1 is 1.09 bits per heavy atom. The number of urea groups is 1. The molecular weight excluding hydrogens is 450 g/mol. The van der Waals surface area contributed by atoms with Crippen LogP contribution in [0.2, 0.25) is 5.02 Å². The number of carbonyl (C=O) groups excluding carboxylic acids is 1. The van der Waals surface area contributed by atoms with Crippen molar-refractivity contribution in [3.8, 4) is 28.5 Å². The number of benzene rings is 2. The Morgan fingerprint density at radius 3 is 2.28 bits per heavy atom. The summed E-state index contributed by atoms with van der Waals surface area (Å²) in [6.07, 6.45) is 0. The number of carbonyl (C=O) groups is 1. The Bertz CT molecular complexity index is 1060. The first-order valence-corrected chi connectivity index (χ1v) is 11.1. The van der Waals surface area contributed by atoms with E-state index >= 15 is 0 Å².